The number of hydrogen-bond donors (Lipinski definition) is 3. The first-order chi connectivity index (χ1) is 11.1. The van der Waals surface area contributed by atoms with Crippen molar-refractivity contribution in [3.8, 4) is 0 Å². The predicted molar refractivity (Wildman–Crippen MR) is 94.1 cm³/mol. The molecule has 7 nitrogen and oxygen atoms in total. The van der Waals surface area contributed by atoms with E-state index in [1.54, 1.807) is 0 Å². The molecule has 0 unspecified atom stereocenters. The Morgan fingerprint density at radius 2 is 2.00 bits per heavy atom. The Morgan fingerprint density at radius 3 is 2.74 bits per heavy atom. The van der Waals surface area contributed by atoms with E-state index >= 15 is 0 Å². The van der Waals surface area contributed by atoms with E-state index in [4.69, 9.17) is 17.2 Å². The summed E-state index contributed by atoms with van der Waals surface area (Å²) in [5.74, 6) is 1.58. The van der Waals surface area contributed by atoms with Crippen molar-refractivity contribution < 1.29 is 0 Å². The number of aromatic nitrogens is 3. The van der Waals surface area contributed by atoms with Gasteiger partial charge >= 0.3 is 0 Å². The van der Waals surface area contributed by atoms with Crippen LogP contribution in [-0.4, -0.2) is 27.0 Å². The van der Waals surface area contributed by atoms with E-state index in [1.165, 1.54) is 0 Å². The van der Waals surface area contributed by atoms with Gasteiger partial charge in [-0.15, -0.1) is 0 Å². The fourth-order valence-corrected chi connectivity index (χ4v) is 2.85. The van der Waals surface area contributed by atoms with Crippen molar-refractivity contribution in [2.24, 2.45) is 16.5 Å². The molecule has 6 N–H and O–H groups in total. The first-order valence-electron chi connectivity index (χ1n) is 7.70. The van der Waals surface area contributed by atoms with Crippen molar-refractivity contribution in [1.29, 1.82) is 0 Å². The number of para-hydroxylation sites is 1. The summed E-state index contributed by atoms with van der Waals surface area (Å²) in [6.45, 7) is 3.45. The number of anilines is 1. The van der Waals surface area contributed by atoms with Crippen molar-refractivity contribution in [3.63, 3.8) is 0 Å². The predicted octanol–water partition coefficient (Wildman–Crippen LogP) is 1.39. The molecule has 120 valence electrons. The summed E-state index contributed by atoms with van der Waals surface area (Å²) in [6.07, 6.45) is 1.65. The normalized spacial score (nSPS) is 11.2. The number of hydrogen-bond acceptors (Lipinski definition) is 4. The molecule has 0 aliphatic carbocycles. The summed E-state index contributed by atoms with van der Waals surface area (Å²) >= 11 is 0. The zero-order valence-electron chi connectivity index (χ0n) is 13.2. The number of benzene rings is 1. The molecule has 0 saturated heterocycles. The van der Waals surface area contributed by atoms with Gasteiger partial charge in [-0.2, -0.15) is 0 Å². The minimum atomic E-state index is 0.120. The van der Waals surface area contributed by atoms with Gasteiger partial charge in [0.05, 0.1) is 11.0 Å². The van der Waals surface area contributed by atoms with Crippen LogP contribution in [0.5, 0.6) is 0 Å². The Kier molecular flexibility index (Phi) is 4.01. The maximum Gasteiger partial charge on any atom is 0.185 e. The number of imidazole rings is 1. The van der Waals surface area contributed by atoms with Crippen molar-refractivity contribution in [2.45, 2.75) is 26.3 Å². The lowest BCUT2D eigenvalue weighted by Gasteiger charge is -2.09. The van der Waals surface area contributed by atoms with Gasteiger partial charge in [-0.3, -0.25) is 4.99 Å². The van der Waals surface area contributed by atoms with E-state index in [0.717, 1.165) is 47.1 Å². The van der Waals surface area contributed by atoms with Gasteiger partial charge in [-0.05, 0) is 12.5 Å². The molecule has 23 heavy (non-hydrogen) atoms. The monoisotopic (exact) mass is 311 g/mol. The van der Waals surface area contributed by atoms with Gasteiger partial charge in [-0.25, -0.2) is 9.97 Å². The number of aryl methyl sites for hydroxylation is 2. The number of guanidine groups is 1. The van der Waals surface area contributed by atoms with Crippen molar-refractivity contribution in [1.82, 2.24) is 14.5 Å². The highest BCUT2D eigenvalue weighted by Crippen LogP contribution is 2.29. The Morgan fingerprint density at radius 1 is 1.22 bits per heavy atom. The minimum Gasteiger partial charge on any atom is -0.382 e. The molecule has 3 aromatic rings. The molecule has 0 atom stereocenters. The van der Waals surface area contributed by atoms with Crippen LogP contribution >= 0.6 is 0 Å². The molecule has 0 amide bonds. The highest BCUT2D eigenvalue weighted by molar-refractivity contribution is 6.06. The number of fused-ring (bicyclic) bond motifs is 3. The minimum absolute atomic E-state index is 0.120. The molecule has 0 fully saturated rings. The summed E-state index contributed by atoms with van der Waals surface area (Å²) in [7, 11) is 0. The van der Waals surface area contributed by atoms with Crippen LogP contribution in [0.4, 0.5) is 5.82 Å². The highest BCUT2D eigenvalue weighted by Gasteiger charge is 2.15. The van der Waals surface area contributed by atoms with Gasteiger partial charge in [-0.1, -0.05) is 25.1 Å². The van der Waals surface area contributed by atoms with E-state index < -0.39 is 0 Å². The smallest absolute Gasteiger partial charge is 0.185 e. The molecule has 0 spiro atoms. The third-order valence-electron chi connectivity index (χ3n) is 3.84. The second-order valence-electron chi connectivity index (χ2n) is 5.40. The molecule has 0 aliphatic heterocycles. The van der Waals surface area contributed by atoms with Crippen LogP contribution in [0.15, 0.2) is 29.3 Å². The first kappa shape index (κ1) is 15.1. The standard InChI is InChI=1S/C16H21N7/c1-2-12-22-13-14(23(12)9-5-8-20-16(18)19)10-6-3-4-7-11(10)21-15(13)17/h3-4,6-7H,2,5,8-9H2,1H3,(H2,17,21)(H4,18,19,20). The topological polar surface area (TPSA) is 121 Å². The molecule has 0 saturated carbocycles. The number of pyridine rings is 1. The Bertz CT molecular complexity index is 875. The lowest BCUT2D eigenvalue weighted by Crippen LogP contribution is -2.23. The Hall–Kier alpha value is -2.83. The maximum absolute atomic E-state index is 6.11. The molecular formula is C16H21N7. The van der Waals surface area contributed by atoms with Gasteiger partial charge in [0.2, 0.25) is 0 Å². The third kappa shape index (κ3) is 2.77. The number of rotatable bonds is 5. The van der Waals surface area contributed by atoms with Gasteiger partial charge in [0.1, 0.15) is 11.3 Å². The Balaban J connectivity index is 2.12. The van der Waals surface area contributed by atoms with Gasteiger partial charge in [0.25, 0.3) is 0 Å². The summed E-state index contributed by atoms with van der Waals surface area (Å²) in [5, 5.41) is 1.06. The Labute approximate surface area is 134 Å². The van der Waals surface area contributed by atoms with Crippen LogP contribution < -0.4 is 17.2 Å². The maximum atomic E-state index is 6.11. The molecule has 0 aliphatic rings. The van der Waals surface area contributed by atoms with Gasteiger partial charge < -0.3 is 21.8 Å². The van der Waals surface area contributed by atoms with E-state index in [-0.39, 0.29) is 5.96 Å². The van der Waals surface area contributed by atoms with Gasteiger partial charge in [0.15, 0.2) is 11.8 Å². The quantitative estimate of drug-likeness (QED) is 0.373. The molecule has 3 rings (SSSR count). The fourth-order valence-electron chi connectivity index (χ4n) is 2.85. The molecule has 0 bridgehead atoms. The fraction of sp³-hybridized carbons (Fsp3) is 0.312. The molecular weight excluding hydrogens is 290 g/mol. The average molecular weight is 311 g/mol. The zero-order chi connectivity index (χ0) is 16.4. The lowest BCUT2D eigenvalue weighted by molar-refractivity contribution is 0.637. The van der Waals surface area contributed by atoms with E-state index in [1.807, 2.05) is 18.2 Å². The number of nitrogen functional groups attached to an aromatic ring is 1. The number of nitrogens with two attached hydrogens (primary N) is 3. The zero-order valence-corrected chi connectivity index (χ0v) is 13.2. The van der Waals surface area contributed by atoms with Crippen molar-refractivity contribution in [3.05, 3.63) is 30.1 Å². The average Bonchev–Trinajstić information content (AvgIpc) is 2.91. The second-order valence-corrected chi connectivity index (χ2v) is 5.40. The van der Waals surface area contributed by atoms with Crippen LogP contribution in [0.2, 0.25) is 0 Å². The summed E-state index contributed by atoms with van der Waals surface area (Å²) in [4.78, 5) is 13.2. The van der Waals surface area contributed by atoms with E-state index in [9.17, 15) is 0 Å². The van der Waals surface area contributed by atoms with E-state index in [0.29, 0.717) is 12.4 Å². The summed E-state index contributed by atoms with van der Waals surface area (Å²) < 4.78 is 2.21. The molecule has 0 radical (unpaired) electrons. The van der Waals surface area contributed by atoms with Crippen LogP contribution in [0.3, 0.4) is 0 Å². The van der Waals surface area contributed by atoms with Crippen LogP contribution in [0, 0.1) is 0 Å². The largest absolute Gasteiger partial charge is 0.382 e. The lowest BCUT2D eigenvalue weighted by atomic mass is 10.2. The first-order valence-corrected chi connectivity index (χ1v) is 7.70. The number of aliphatic imine (C=N–C) groups is 1. The van der Waals surface area contributed by atoms with E-state index in [2.05, 4.69) is 32.5 Å². The second kappa shape index (κ2) is 6.12. The summed E-state index contributed by atoms with van der Waals surface area (Å²) in [5.41, 5.74) is 19.5. The van der Waals surface area contributed by atoms with Crippen LogP contribution in [0.1, 0.15) is 19.2 Å². The summed E-state index contributed by atoms with van der Waals surface area (Å²) in [6, 6.07) is 7.98. The molecule has 7 heteroatoms. The van der Waals surface area contributed by atoms with Crippen molar-refractivity contribution >= 4 is 33.7 Å². The molecule has 1 aromatic carbocycles. The highest BCUT2D eigenvalue weighted by atomic mass is 15.1. The third-order valence-corrected chi connectivity index (χ3v) is 3.84. The van der Waals surface area contributed by atoms with Crippen LogP contribution in [-0.2, 0) is 13.0 Å². The van der Waals surface area contributed by atoms with Crippen LogP contribution in [0.25, 0.3) is 21.9 Å². The SMILES string of the molecule is CCc1nc2c(N)nc3ccccc3c2n1CCCN=C(N)N. The van der Waals surface area contributed by atoms with Gasteiger partial charge in [0, 0.05) is 24.9 Å². The van der Waals surface area contributed by atoms with Crippen molar-refractivity contribution in [2.75, 3.05) is 12.3 Å². The molecule has 2 aromatic heterocycles. The number of nitrogens with zero attached hydrogens (tertiary/aromatic N) is 4. The molecule has 2 heterocycles.